The standard InChI is InChI=1S/C51H32N4O/c1-4-14-33(15-5-1)35-26-28-37(29-27-35)50-52-49(36-18-8-3-9-19-36)53-51(54-50)44-24-13-23-42-43-31-30-41-40-22-10-11-25-45(40)55(46(41)48(43)56-47(42)44)39-21-12-20-38(32-39)34-16-6-2-7-17-34/h1-32H. The van der Waals surface area contributed by atoms with Crippen molar-refractivity contribution in [1.29, 1.82) is 0 Å². The normalized spacial score (nSPS) is 11.6. The van der Waals surface area contributed by atoms with Gasteiger partial charge in [-0.3, -0.25) is 0 Å². The van der Waals surface area contributed by atoms with E-state index in [2.05, 4.69) is 156 Å². The Labute approximate surface area is 322 Å². The van der Waals surface area contributed by atoms with Crippen LogP contribution >= 0.6 is 0 Å². The van der Waals surface area contributed by atoms with Gasteiger partial charge >= 0.3 is 0 Å². The van der Waals surface area contributed by atoms with Gasteiger partial charge in [0.05, 0.1) is 16.6 Å². The van der Waals surface area contributed by atoms with E-state index in [0.717, 1.165) is 77.4 Å². The minimum atomic E-state index is 0.554. The SMILES string of the molecule is c1ccc(-c2ccc(-c3nc(-c4ccccc4)nc(-c4cccc5c4oc4c5ccc5c6ccccc6n(-c6cccc(-c7ccccc7)c6)c54)n3)cc2)cc1. The Balaban J connectivity index is 1.13. The Kier molecular flexibility index (Phi) is 7.42. The molecule has 5 nitrogen and oxygen atoms in total. The molecular weight excluding hydrogens is 685 g/mol. The van der Waals surface area contributed by atoms with Gasteiger partial charge in [-0.15, -0.1) is 0 Å². The molecule has 8 aromatic carbocycles. The second-order valence-corrected chi connectivity index (χ2v) is 14.0. The molecule has 0 aliphatic heterocycles. The lowest BCUT2D eigenvalue weighted by Crippen LogP contribution is -2.00. The summed E-state index contributed by atoms with van der Waals surface area (Å²) in [5, 5.41) is 4.34. The van der Waals surface area contributed by atoms with Crippen molar-refractivity contribution in [2.24, 2.45) is 0 Å². The summed E-state index contributed by atoms with van der Waals surface area (Å²) >= 11 is 0. The zero-order chi connectivity index (χ0) is 37.0. The summed E-state index contributed by atoms with van der Waals surface area (Å²) in [7, 11) is 0. The lowest BCUT2D eigenvalue weighted by atomic mass is 10.0. The number of rotatable bonds is 6. The van der Waals surface area contributed by atoms with E-state index in [-0.39, 0.29) is 0 Å². The highest BCUT2D eigenvalue weighted by Gasteiger charge is 2.22. The van der Waals surface area contributed by atoms with E-state index < -0.39 is 0 Å². The summed E-state index contributed by atoms with van der Waals surface area (Å²) in [4.78, 5) is 15.2. The van der Waals surface area contributed by atoms with Crippen LogP contribution in [0.5, 0.6) is 0 Å². The second-order valence-electron chi connectivity index (χ2n) is 14.0. The number of aromatic nitrogens is 4. The number of nitrogens with zero attached hydrogens (tertiary/aromatic N) is 4. The van der Waals surface area contributed by atoms with Crippen LogP contribution < -0.4 is 0 Å². The van der Waals surface area contributed by atoms with Crippen molar-refractivity contribution in [3.05, 3.63) is 194 Å². The summed E-state index contributed by atoms with van der Waals surface area (Å²) < 4.78 is 9.43. The second kappa shape index (κ2) is 13.0. The van der Waals surface area contributed by atoms with E-state index in [4.69, 9.17) is 19.4 Å². The Hall–Kier alpha value is -7.63. The van der Waals surface area contributed by atoms with Crippen LogP contribution in [0.3, 0.4) is 0 Å². The maximum atomic E-state index is 7.09. The van der Waals surface area contributed by atoms with Crippen LogP contribution in [0.25, 0.3) is 106 Å². The molecular formula is C51H32N4O. The van der Waals surface area contributed by atoms with Gasteiger partial charge in [0.25, 0.3) is 0 Å². The Bertz CT molecular complexity index is 3220. The van der Waals surface area contributed by atoms with Crippen molar-refractivity contribution in [3.63, 3.8) is 0 Å². The van der Waals surface area contributed by atoms with Gasteiger partial charge in [-0.2, -0.15) is 0 Å². The maximum absolute atomic E-state index is 7.09. The average molecular weight is 717 g/mol. The fourth-order valence-electron chi connectivity index (χ4n) is 7.99. The Morgan fingerprint density at radius 3 is 1.57 bits per heavy atom. The van der Waals surface area contributed by atoms with Crippen molar-refractivity contribution >= 4 is 43.7 Å². The maximum Gasteiger partial charge on any atom is 0.167 e. The third kappa shape index (κ3) is 5.29. The predicted octanol–water partition coefficient (Wildman–Crippen LogP) is 13.2. The summed E-state index contributed by atoms with van der Waals surface area (Å²) in [5.41, 5.74) is 12.0. The zero-order valence-corrected chi connectivity index (χ0v) is 30.2. The van der Waals surface area contributed by atoms with Crippen molar-refractivity contribution in [2.75, 3.05) is 0 Å². The van der Waals surface area contributed by atoms with Crippen molar-refractivity contribution in [3.8, 4) is 62.1 Å². The molecule has 0 aliphatic rings. The summed E-state index contributed by atoms with van der Waals surface area (Å²) in [6.07, 6.45) is 0. The minimum absolute atomic E-state index is 0.554. The third-order valence-electron chi connectivity index (χ3n) is 10.7. The molecule has 3 aromatic heterocycles. The fraction of sp³-hybridized carbons (Fsp3) is 0. The fourth-order valence-corrected chi connectivity index (χ4v) is 7.99. The van der Waals surface area contributed by atoms with Gasteiger partial charge in [-0.05, 0) is 52.6 Å². The van der Waals surface area contributed by atoms with Gasteiger partial charge in [0.1, 0.15) is 5.58 Å². The first-order valence-corrected chi connectivity index (χ1v) is 18.8. The van der Waals surface area contributed by atoms with Crippen LogP contribution in [-0.2, 0) is 0 Å². The van der Waals surface area contributed by atoms with E-state index in [0.29, 0.717) is 17.5 Å². The van der Waals surface area contributed by atoms with Gasteiger partial charge in [0.15, 0.2) is 23.1 Å². The molecule has 11 aromatic rings. The number of benzene rings is 8. The van der Waals surface area contributed by atoms with Gasteiger partial charge in [0, 0.05) is 38.4 Å². The van der Waals surface area contributed by atoms with Crippen molar-refractivity contribution in [2.45, 2.75) is 0 Å². The largest absolute Gasteiger partial charge is 0.453 e. The smallest absolute Gasteiger partial charge is 0.167 e. The van der Waals surface area contributed by atoms with Gasteiger partial charge in [-0.25, -0.2) is 15.0 Å². The number of hydrogen-bond acceptors (Lipinski definition) is 4. The molecule has 0 unspecified atom stereocenters. The molecule has 0 radical (unpaired) electrons. The molecule has 262 valence electrons. The number of para-hydroxylation sites is 2. The first kappa shape index (κ1) is 31.9. The summed E-state index contributed by atoms with van der Waals surface area (Å²) in [6.45, 7) is 0. The molecule has 0 saturated heterocycles. The molecule has 0 spiro atoms. The van der Waals surface area contributed by atoms with E-state index in [1.54, 1.807) is 0 Å². The molecule has 5 heteroatoms. The van der Waals surface area contributed by atoms with E-state index >= 15 is 0 Å². The minimum Gasteiger partial charge on any atom is -0.453 e. The molecule has 3 heterocycles. The van der Waals surface area contributed by atoms with E-state index in [9.17, 15) is 0 Å². The van der Waals surface area contributed by atoms with Crippen molar-refractivity contribution in [1.82, 2.24) is 19.5 Å². The summed E-state index contributed by atoms with van der Waals surface area (Å²) in [5.74, 6) is 1.76. The molecule has 0 N–H and O–H groups in total. The zero-order valence-electron chi connectivity index (χ0n) is 30.2. The quantitative estimate of drug-likeness (QED) is 0.172. The Morgan fingerprint density at radius 1 is 0.339 bits per heavy atom. The van der Waals surface area contributed by atoms with Crippen LogP contribution in [-0.4, -0.2) is 19.5 Å². The number of furan rings is 1. The van der Waals surface area contributed by atoms with Gasteiger partial charge in [-0.1, -0.05) is 164 Å². The molecule has 0 fully saturated rings. The highest BCUT2D eigenvalue weighted by Crippen LogP contribution is 2.43. The third-order valence-corrected chi connectivity index (χ3v) is 10.7. The number of hydrogen-bond donors (Lipinski definition) is 0. The first-order valence-electron chi connectivity index (χ1n) is 18.8. The van der Waals surface area contributed by atoms with Crippen LogP contribution in [0.1, 0.15) is 0 Å². The molecule has 56 heavy (non-hydrogen) atoms. The lowest BCUT2D eigenvalue weighted by Gasteiger charge is -2.10. The van der Waals surface area contributed by atoms with Crippen LogP contribution in [0, 0.1) is 0 Å². The highest BCUT2D eigenvalue weighted by molar-refractivity contribution is 6.22. The molecule has 11 rings (SSSR count). The molecule has 0 amide bonds. The lowest BCUT2D eigenvalue weighted by molar-refractivity contribution is 0.671. The van der Waals surface area contributed by atoms with Crippen LogP contribution in [0.2, 0.25) is 0 Å². The van der Waals surface area contributed by atoms with Crippen molar-refractivity contribution < 1.29 is 4.42 Å². The molecule has 0 saturated carbocycles. The first-order chi connectivity index (χ1) is 27.8. The van der Waals surface area contributed by atoms with Crippen LogP contribution in [0.4, 0.5) is 0 Å². The van der Waals surface area contributed by atoms with Gasteiger partial charge < -0.3 is 8.98 Å². The predicted molar refractivity (Wildman–Crippen MR) is 229 cm³/mol. The Morgan fingerprint density at radius 2 is 0.839 bits per heavy atom. The van der Waals surface area contributed by atoms with Crippen LogP contribution in [0.15, 0.2) is 199 Å². The van der Waals surface area contributed by atoms with E-state index in [1.807, 2.05) is 42.5 Å². The topological polar surface area (TPSA) is 56.7 Å². The molecule has 0 atom stereocenters. The van der Waals surface area contributed by atoms with E-state index in [1.165, 1.54) is 10.9 Å². The highest BCUT2D eigenvalue weighted by atomic mass is 16.3. The monoisotopic (exact) mass is 716 g/mol. The molecule has 0 aliphatic carbocycles. The number of fused-ring (bicyclic) bond motifs is 7. The summed E-state index contributed by atoms with van der Waals surface area (Å²) in [6, 6.07) is 67.4. The average Bonchev–Trinajstić information content (AvgIpc) is 3.84. The van der Waals surface area contributed by atoms with Gasteiger partial charge in [0.2, 0.25) is 0 Å². The molecule has 0 bridgehead atoms.